The zero-order valence-corrected chi connectivity index (χ0v) is 14.5. The first kappa shape index (κ1) is 25.6. The van der Waals surface area contributed by atoms with Crippen LogP contribution in [0.25, 0.3) is 0 Å². The molecule has 0 saturated heterocycles. The monoisotopic (exact) mass is 446 g/mol. The Kier molecular flexibility index (Phi) is 17.4. The third-order valence-electron chi connectivity index (χ3n) is 1.25. The van der Waals surface area contributed by atoms with Gasteiger partial charge in [-0.15, -0.1) is 0 Å². The van der Waals surface area contributed by atoms with Gasteiger partial charge >= 0.3 is 72.3 Å². The second-order valence-electron chi connectivity index (χ2n) is 2.42. The van der Waals surface area contributed by atoms with Crippen molar-refractivity contribution in [3.05, 3.63) is 0 Å². The van der Waals surface area contributed by atoms with E-state index in [0.29, 0.717) is 0 Å². The quantitative estimate of drug-likeness (QED) is 0.414. The third kappa shape index (κ3) is 9.97. The van der Waals surface area contributed by atoms with Crippen LogP contribution in [0.2, 0.25) is 0 Å². The van der Waals surface area contributed by atoms with Crippen molar-refractivity contribution >= 4 is 90.2 Å². The molecule has 2 radical (unpaired) electrons. The van der Waals surface area contributed by atoms with E-state index in [9.17, 15) is 29.7 Å². The molecule has 0 aromatic heterocycles. The van der Waals surface area contributed by atoms with Crippen LogP contribution in [-0.2, 0) is 14.4 Å². The average Bonchev–Trinajstić information content (AvgIpc) is 1.82. The molecule has 0 saturated carbocycles. The number of aliphatic carboxylic acids is 3. The summed E-state index contributed by atoms with van der Waals surface area (Å²) in [7, 11) is 0. The summed E-state index contributed by atoms with van der Waals surface area (Å²) in [4.78, 5) is 30.0. The van der Waals surface area contributed by atoms with Crippen molar-refractivity contribution in [3.63, 3.8) is 0 Å². The number of rotatable bonds is 5. The molecular formula is C6H5BiMg2O7+4. The minimum absolute atomic E-state index is 0. The molecule has 0 rings (SSSR count). The molecule has 0 spiro atoms. The van der Waals surface area contributed by atoms with Gasteiger partial charge in [0.15, 0.2) is 0 Å². The Labute approximate surface area is 142 Å². The van der Waals surface area contributed by atoms with Crippen molar-refractivity contribution in [2.24, 2.45) is 0 Å². The van der Waals surface area contributed by atoms with Gasteiger partial charge in [0.25, 0.3) is 0 Å². The number of hydrogen-bond acceptors (Lipinski definition) is 7. The van der Waals surface area contributed by atoms with Crippen LogP contribution in [0.5, 0.6) is 0 Å². The molecule has 0 amide bonds. The van der Waals surface area contributed by atoms with E-state index in [1.807, 2.05) is 0 Å². The third-order valence-corrected chi connectivity index (χ3v) is 1.25. The van der Waals surface area contributed by atoms with Crippen molar-refractivity contribution in [2.75, 3.05) is 0 Å². The summed E-state index contributed by atoms with van der Waals surface area (Å²) in [6, 6.07) is 0. The first-order valence-electron chi connectivity index (χ1n) is 3.11. The summed E-state index contributed by atoms with van der Waals surface area (Å²) in [5, 5.41) is 38.9. The number of carboxylic acid groups (broad SMARTS) is 3. The summed E-state index contributed by atoms with van der Waals surface area (Å²) < 4.78 is 0. The van der Waals surface area contributed by atoms with Crippen LogP contribution >= 0.6 is 0 Å². The number of carbonyl (C=O) groups excluding carboxylic acids is 3. The van der Waals surface area contributed by atoms with E-state index < -0.39 is 36.4 Å². The predicted octanol–water partition coefficient (Wildman–Crippen LogP) is -6.39. The topological polar surface area (TPSA) is 141 Å². The maximum Gasteiger partial charge on any atom is 3.00 e. The second-order valence-corrected chi connectivity index (χ2v) is 2.42. The van der Waals surface area contributed by atoms with E-state index >= 15 is 0 Å². The maximum absolute atomic E-state index is 10.1. The van der Waals surface area contributed by atoms with Gasteiger partial charge in [-0.3, -0.25) is 0 Å². The van der Waals surface area contributed by atoms with E-state index in [0.717, 1.165) is 0 Å². The molecule has 16 heavy (non-hydrogen) atoms. The first-order chi connectivity index (χ1) is 5.78. The molecule has 76 valence electrons. The smallest absolute Gasteiger partial charge is 0.550 e. The fourth-order valence-corrected chi connectivity index (χ4v) is 0.684. The molecule has 0 aliphatic carbocycles. The summed E-state index contributed by atoms with van der Waals surface area (Å²) in [5.74, 6) is -5.98. The van der Waals surface area contributed by atoms with Crippen molar-refractivity contribution in [3.8, 4) is 0 Å². The normalized spacial score (nSPS) is 8.81. The van der Waals surface area contributed by atoms with Crippen molar-refractivity contribution in [2.45, 2.75) is 18.4 Å². The molecule has 0 heterocycles. The maximum atomic E-state index is 10.1. The van der Waals surface area contributed by atoms with E-state index in [4.69, 9.17) is 5.11 Å². The average molecular weight is 447 g/mol. The number of carboxylic acids is 3. The van der Waals surface area contributed by atoms with Gasteiger partial charge < -0.3 is 34.8 Å². The van der Waals surface area contributed by atoms with Gasteiger partial charge in [0.1, 0.15) is 5.60 Å². The van der Waals surface area contributed by atoms with Crippen molar-refractivity contribution < 1.29 is 34.8 Å². The molecule has 10 heteroatoms. The van der Waals surface area contributed by atoms with Crippen LogP contribution in [0.3, 0.4) is 0 Å². The fraction of sp³-hybridized carbons (Fsp3) is 0.500. The van der Waals surface area contributed by atoms with Gasteiger partial charge in [0.2, 0.25) is 0 Å². The first-order valence-corrected chi connectivity index (χ1v) is 3.11. The molecular weight excluding hydrogens is 442 g/mol. The molecule has 0 fully saturated rings. The van der Waals surface area contributed by atoms with E-state index in [-0.39, 0.29) is 72.3 Å². The molecule has 1 N–H and O–H groups in total. The fourth-order valence-electron chi connectivity index (χ4n) is 0.684. The summed E-state index contributed by atoms with van der Waals surface area (Å²) >= 11 is 0. The largest absolute Gasteiger partial charge is 3.00 e. The number of aliphatic hydroxyl groups is 1. The minimum atomic E-state index is -2.97. The van der Waals surface area contributed by atoms with Crippen LogP contribution in [0.1, 0.15) is 12.8 Å². The Morgan fingerprint density at radius 3 is 1.31 bits per heavy atom. The van der Waals surface area contributed by atoms with Crippen molar-refractivity contribution in [1.29, 1.82) is 0 Å². The molecule has 0 aromatic carbocycles. The van der Waals surface area contributed by atoms with Gasteiger partial charge in [-0.1, -0.05) is 0 Å². The van der Waals surface area contributed by atoms with E-state index in [1.54, 1.807) is 0 Å². The van der Waals surface area contributed by atoms with Gasteiger partial charge in [-0.25, -0.2) is 0 Å². The van der Waals surface area contributed by atoms with Crippen molar-refractivity contribution in [1.82, 2.24) is 0 Å². The zero-order chi connectivity index (χ0) is 10.6. The molecule has 0 bridgehead atoms. The summed E-state index contributed by atoms with van der Waals surface area (Å²) in [5.41, 5.74) is -2.97. The Bertz CT molecular complexity index is 241. The SMILES string of the molecule is O=C([O-])CC(O)(CC(=O)[O-])C(=O)[O-].[Bi+3].[Mg+2].[Mg+2]. The standard InChI is InChI=1S/C6H8O7.Bi.2Mg/c7-3(8)1-6(13,5(11)12)2-4(9)10;;;/h13H,1-2H2,(H,7,8)(H,9,10)(H,11,12);;;/q;+3;2*+2/p-3. The van der Waals surface area contributed by atoms with Gasteiger partial charge in [0, 0.05) is 24.8 Å². The van der Waals surface area contributed by atoms with Crippen LogP contribution < -0.4 is 15.3 Å². The molecule has 7 nitrogen and oxygen atoms in total. The summed E-state index contributed by atoms with van der Waals surface area (Å²) in [6.07, 6.45) is -2.72. The van der Waals surface area contributed by atoms with Gasteiger partial charge in [0.05, 0.1) is 5.97 Å². The molecule has 0 aliphatic heterocycles. The van der Waals surface area contributed by atoms with Crippen LogP contribution in [-0.4, -0.2) is 101 Å². The second kappa shape index (κ2) is 10.9. The Morgan fingerprint density at radius 2 is 1.19 bits per heavy atom. The zero-order valence-electron chi connectivity index (χ0n) is 8.17. The number of carbonyl (C=O) groups is 3. The van der Waals surface area contributed by atoms with E-state index in [1.165, 1.54) is 0 Å². The van der Waals surface area contributed by atoms with Gasteiger partial charge in [-0.2, -0.15) is 0 Å². The van der Waals surface area contributed by atoms with Gasteiger partial charge in [-0.05, 0) is 0 Å². The summed E-state index contributed by atoms with van der Waals surface area (Å²) in [6.45, 7) is 0. The Balaban J connectivity index is -0.000000240. The van der Waals surface area contributed by atoms with Crippen LogP contribution in [0.4, 0.5) is 0 Å². The molecule has 0 aromatic rings. The Morgan fingerprint density at radius 1 is 0.938 bits per heavy atom. The molecule has 0 atom stereocenters. The number of hydrogen-bond donors (Lipinski definition) is 1. The van der Waals surface area contributed by atoms with Crippen LogP contribution in [0, 0.1) is 0 Å². The molecule has 0 unspecified atom stereocenters. The van der Waals surface area contributed by atoms with E-state index in [2.05, 4.69) is 0 Å². The predicted molar refractivity (Wildman–Crippen MR) is 46.5 cm³/mol. The minimum Gasteiger partial charge on any atom is -0.550 e. The van der Waals surface area contributed by atoms with Crippen LogP contribution in [0.15, 0.2) is 0 Å². The Hall–Kier alpha value is 0.786. The molecule has 0 aliphatic rings.